The Hall–Kier alpha value is -2.05. The van der Waals surface area contributed by atoms with Crippen LogP contribution >= 0.6 is 0 Å². The summed E-state index contributed by atoms with van der Waals surface area (Å²) >= 11 is 0. The molecule has 0 aliphatic carbocycles. The first-order chi connectivity index (χ1) is 8.73. The normalized spacial score (nSPS) is 12.3. The number of aromatic nitrogens is 2. The van der Waals surface area contributed by atoms with E-state index in [4.69, 9.17) is 5.11 Å². The number of hydrogen-bond acceptors (Lipinski definition) is 2. The van der Waals surface area contributed by atoms with Gasteiger partial charge >= 0.3 is 12.1 Å². The molecule has 19 heavy (non-hydrogen) atoms. The van der Waals surface area contributed by atoms with Crippen molar-refractivity contribution in [2.24, 2.45) is 0 Å². The molecule has 0 aliphatic heterocycles. The first-order valence-electron chi connectivity index (χ1n) is 5.54. The van der Waals surface area contributed by atoms with E-state index in [-0.39, 0.29) is 22.8 Å². The molecule has 2 aromatic heterocycles. The summed E-state index contributed by atoms with van der Waals surface area (Å²) in [7, 11) is 0. The number of carbonyl (C=O) groups is 1. The third-order valence-corrected chi connectivity index (χ3v) is 2.75. The van der Waals surface area contributed by atoms with Gasteiger partial charge in [0, 0.05) is 5.92 Å². The summed E-state index contributed by atoms with van der Waals surface area (Å²) in [6.45, 7) is 3.39. The lowest BCUT2D eigenvalue weighted by Gasteiger charge is -2.14. The van der Waals surface area contributed by atoms with Crippen molar-refractivity contribution in [3.63, 3.8) is 0 Å². The first-order valence-corrected chi connectivity index (χ1v) is 5.54. The van der Waals surface area contributed by atoms with Crippen LogP contribution < -0.4 is 0 Å². The van der Waals surface area contributed by atoms with Gasteiger partial charge in [-0.3, -0.25) is 4.40 Å². The summed E-state index contributed by atoms with van der Waals surface area (Å²) in [6, 6.07) is 1.72. The molecule has 0 radical (unpaired) electrons. The highest BCUT2D eigenvalue weighted by Crippen LogP contribution is 2.32. The van der Waals surface area contributed by atoms with Gasteiger partial charge in [-0.15, -0.1) is 0 Å². The molecule has 0 spiro atoms. The van der Waals surface area contributed by atoms with Gasteiger partial charge in [-0.1, -0.05) is 13.8 Å². The van der Waals surface area contributed by atoms with Crippen LogP contribution in [0.2, 0.25) is 0 Å². The number of fused-ring (bicyclic) bond motifs is 1. The third-order valence-electron chi connectivity index (χ3n) is 2.75. The fourth-order valence-corrected chi connectivity index (χ4v) is 1.94. The summed E-state index contributed by atoms with van der Waals surface area (Å²) < 4.78 is 39.8. The lowest BCUT2D eigenvalue weighted by atomic mass is 10.1. The number of alkyl halides is 3. The number of aromatic carboxylic acids is 1. The summed E-state index contributed by atoms with van der Waals surface area (Å²) in [6.07, 6.45) is -3.41. The van der Waals surface area contributed by atoms with Crippen LogP contribution in [0.4, 0.5) is 13.2 Å². The second kappa shape index (κ2) is 4.25. The minimum Gasteiger partial charge on any atom is -0.478 e. The third kappa shape index (κ3) is 2.16. The molecule has 0 bridgehead atoms. The van der Waals surface area contributed by atoms with E-state index < -0.39 is 17.8 Å². The van der Waals surface area contributed by atoms with Crippen molar-refractivity contribution >= 4 is 11.5 Å². The van der Waals surface area contributed by atoms with Gasteiger partial charge in [0.05, 0.1) is 17.3 Å². The second-order valence-electron chi connectivity index (χ2n) is 4.43. The van der Waals surface area contributed by atoms with E-state index in [9.17, 15) is 18.0 Å². The Balaban J connectivity index is 2.89. The number of halogens is 3. The highest BCUT2D eigenvalue weighted by atomic mass is 19.4. The fourth-order valence-electron chi connectivity index (χ4n) is 1.94. The van der Waals surface area contributed by atoms with Gasteiger partial charge in [0.25, 0.3) is 0 Å². The lowest BCUT2D eigenvalue weighted by Crippen LogP contribution is -2.15. The second-order valence-corrected chi connectivity index (χ2v) is 4.43. The van der Waals surface area contributed by atoms with E-state index in [1.54, 1.807) is 13.8 Å². The molecule has 0 unspecified atom stereocenters. The van der Waals surface area contributed by atoms with Gasteiger partial charge < -0.3 is 5.11 Å². The summed E-state index contributed by atoms with van der Waals surface area (Å²) in [5, 5.41) is 9.00. The van der Waals surface area contributed by atoms with E-state index in [0.717, 1.165) is 22.7 Å². The van der Waals surface area contributed by atoms with E-state index in [0.29, 0.717) is 0 Å². The SMILES string of the molecule is CC(C)c1ncc2c(C(=O)O)ccc(C(F)(F)F)n12. The maximum absolute atomic E-state index is 13.0. The number of pyridine rings is 1. The molecule has 0 saturated heterocycles. The average Bonchev–Trinajstić information content (AvgIpc) is 2.69. The molecule has 2 aromatic rings. The van der Waals surface area contributed by atoms with Crippen LogP contribution in [0.5, 0.6) is 0 Å². The lowest BCUT2D eigenvalue weighted by molar-refractivity contribution is -0.142. The van der Waals surface area contributed by atoms with Crippen molar-refractivity contribution in [2.45, 2.75) is 25.9 Å². The maximum atomic E-state index is 13.0. The molecule has 102 valence electrons. The Morgan fingerprint density at radius 1 is 1.37 bits per heavy atom. The molecule has 1 N–H and O–H groups in total. The minimum absolute atomic E-state index is 0.0500. The molecule has 4 nitrogen and oxygen atoms in total. The van der Waals surface area contributed by atoms with Crippen LogP contribution in [0.1, 0.15) is 41.6 Å². The van der Waals surface area contributed by atoms with Gasteiger partial charge in [0.15, 0.2) is 0 Å². The zero-order chi connectivity index (χ0) is 14.4. The van der Waals surface area contributed by atoms with Crippen LogP contribution in [-0.2, 0) is 6.18 Å². The quantitative estimate of drug-likeness (QED) is 0.913. The van der Waals surface area contributed by atoms with Gasteiger partial charge in [-0.05, 0) is 12.1 Å². The largest absolute Gasteiger partial charge is 0.478 e. The topological polar surface area (TPSA) is 54.6 Å². The van der Waals surface area contributed by atoms with Gasteiger partial charge in [-0.2, -0.15) is 13.2 Å². The minimum atomic E-state index is -4.57. The van der Waals surface area contributed by atoms with Crippen LogP contribution in [0.15, 0.2) is 18.3 Å². The number of carboxylic acid groups (broad SMARTS) is 1. The molecule has 2 rings (SSSR count). The van der Waals surface area contributed by atoms with Crippen molar-refractivity contribution < 1.29 is 23.1 Å². The Bertz CT molecular complexity index is 644. The Labute approximate surface area is 106 Å². The molecular formula is C12H11F3N2O2. The van der Waals surface area contributed by atoms with Crippen molar-refractivity contribution in [1.29, 1.82) is 0 Å². The molecule has 0 aromatic carbocycles. The Kier molecular flexibility index (Phi) is 3.00. The molecule has 0 fully saturated rings. The number of hydrogen-bond donors (Lipinski definition) is 1. The van der Waals surface area contributed by atoms with Crippen LogP contribution in [0.25, 0.3) is 5.52 Å². The maximum Gasteiger partial charge on any atom is 0.431 e. The molecule has 0 saturated carbocycles. The molecule has 0 atom stereocenters. The number of carboxylic acids is 1. The Morgan fingerprint density at radius 2 is 2.00 bits per heavy atom. The highest BCUT2D eigenvalue weighted by molar-refractivity contribution is 5.95. The molecule has 2 heterocycles. The van der Waals surface area contributed by atoms with Crippen molar-refractivity contribution in [2.75, 3.05) is 0 Å². The van der Waals surface area contributed by atoms with Gasteiger partial charge in [0.2, 0.25) is 0 Å². The smallest absolute Gasteiger partial charge is 0.431 e. The van der Waals surface area contributed by atoms with E-state index in [1.807, 2.05) is 0 Å². The van der Waals surface area contributed by atoms with Crippen molar-refractivity contribution in [3.8, 4) is 0 Å². The standard InChI is InChI=1S/C12H11F3N2O2/c1-6(2)10-16-5-8-7(11(18)19)3-4-9(17(8)10)12(13,14)15/h3-6H,1-2H3,(H,18,19). The van der Waals surface area contributed by atoms with E-state index >= 15 is 0 Å². The van der Waals surface area contributed by atoms with Crippen molar-refractivity contribution in [1.82, 2.24) is 9.38 Å². The molecule has 0 aliphatic rings. The summed E-state index contributed by atoms with van der Waals surface area (Å²) in [5.41, 5.74) is -1.17. The predicted octanol–water partition coefficient (Wildman–Crippen LogP) is 3.17. The van der Waals surface area contributed by atoms with E-state index in [1.165, 1.54) is 0 Å². The van der Waals surface area contributed by atoms with E-state index in [2.05, 4.69) is 4.98 Å². The van der Waals surface area contributed by atoms with Crippen LogP contribution in [0.3, 0.4) is 0 Å². The number of nitrogens with zero attached hydrogens (tertiary/aromatic N) is 2. The molecular weight excluding hydrogens is 261 g/mol. The zero-order valence-corrected chi connectivity index (χ0v) is 10.2. The molecule has 7 heteroatoms. The monoisotopic (exact) mass is 272 g/mol. The number of rotatable bonds is 2. The average molecular weight is 272 g/mol. The fraction of sp³-hybridized carbons (Fsp3) is 0.333. The summed E-state index contributed by atoms with van der Waals surface area (Å²) in [5.74, 6) is -1.35. The predicted molar refractivity (Wildman–Crippen MR) is 61.2 cm³/mol. The summed E-state index contributed by atoms with van der Waals surface area (Å²) in [4.78, 5) is 14.9. The van der Waals surface area contributed by atoms with Crippen LogP contribution in [0, 0.1) is 0 Å². The van der Waals surface area contributed by atoms with Gasteiger partial charge in [0.1, 0.15) is 11.5 Å². The molecule has 0 amide bonds. The first kappa shape index (κ1) is 13.4. The Morgan fingerprint density at radius 3 is 2.47 bits per heavy atom. The highest BCUT2D eigenvalue weighted by Gasteiger charge is 2.35. The number of imidazole rings is 1. The van der Waals surface area contributed by atoms with Crippen molar-refractivity contribution in [3.05, 3.63) is 35.4 Å². The van der Waals surface area contributed by atoms with Crippen LogP contribution in [-0.4, -0.2) is 20.5 Å². The van der Waals surface area contributed by atoms with Gasteiger partial charge in [-0.25, -0.2) is 9.78 Å². The zero-order valence-electron chi connectivity index (χ0n) is 10.2.